The van der Waals surface area contributed by atoms with Crippen molar-refractivity contribution in [3.8, 4) is 0 Å². The first-order valence-electron chi connectivity index (χ1n) is 6.22. The van der Waals surface area contributed by atoms with Gasteiger partial charge < -0.3 is 15.2 Å². The molecule has 0 amide bonds. The maximum absolute atomic E-state index is 13.2. The zero-order valence-corrected chi connectivity index (χ0v) is 11.3. The lowest BCUT2D eigenvalue weighted by atomic mass is 10.3. The van der Waals surface area contributed by atoms with E-state index < -0.39 is 11.6 Å². The third kappa shape index (κ3) is 3.14. The summed E-state index contributed by atoms with van der Waals surface area (Å²) in [7, 11) is 0. The first-order valence-corrected chi connectivity index (χ1v) is 6.22. The highest BCUT2D eigenvalue weighted by molar-refractivity contribution is 5.57. The highest BCUT2D eigenvalue weighted by Gasteiger charge is 2.07. The Balaban J connectivity index is 1.77. The fourth-order valence-electron chi connectivity index (χ4n) is 1.68. The van der Waals surface area contributed by atoms with Crippen LogP contribution in [-0.2, 0) is 0 Å². The van der Waals surface area contributed by atoms with Crippen LogP contribution >= 0.6 is 0 Å². The molecule has 0 aliphatic heterocycles. The molecule has 0 aliphatic carbocycles. The van der Waals surface area contributed by atoms with Crippen LogP contribution < -0.4 is 10.6 Å². The van der Waals surface area contributed by atoms with Crippen LogP contribution in [0.2, 0.25) is 0 Å². The van der Waals surface area contributed by atoms with E-state index in [1.165, 1.54) is 12.3 Å². The minimum Gasteiger partial charge on any atom is -0.360 e. The van der Waals surface area contributed by atoms with Gasteiger partial charge >= 0.3 is 0 Å². The van der Waals surface area contributed by atoms with Crippen molar-refractivity contribution in [2.45, 2.75) is 6.92 Å². The van der Waals surface area contributed by atoms with Gasteiger partial charge in [0.1, 0.15) is 5.76 Å². The lowest BCUT2D eigenvalue weighted by Gasteiger charge is -2.06. The number of hydrogen-bond donors (Lipinski definition) is 2. The average molecular weight is 304 g/mol. The third-order valence-corrected chi connectivity index (χ3v) is 2.62. The average Bonchev–Trinajstić information content (AvgIpc) is 2.89. The van der Waals surface area contributed by atoms with E-state index in [9.17, 15) is 8.78 Å². The molecule has 3 rings (SSSR count). The SMILES string of the molecule is Cc1cc(Nc2nncc(Nc3ccc(F)c(F)c3)n2)no1. The summed E-state index contributed by atoms with van der Waals surface area (Å²) < 4.78 is 30.9. The fraction of sp³-hybridized carbons (Fsp3) is 0.0769. The largest absolute Gasteiger partial charge is 0.360 e. The van der Waals surface area contributed by atoms with E-state index in [0.717, 1.165) is 12.1 Å². The van der Waals surface area contributed by atoms with E-state index in [-0.39, 0.29) is 5.95 Å². The first kappa shape index (κ1) is 13.9. The Morgan fingerprint density at radius 3 is 2.64 bits per heavy atom. The number of anilines is 4. The summed E-state index contributed by atoms with van der Waals surface area (Å²) in [6, 6.07) is 5.09. The normalized spacial score (nSPS) is 10.5. The van der Waals surface area contributed by atoms with Gasteiger partial charge in [-0.3, -0.25) is 0 Å². The highest BCUT2D eigenvalue weighted by atomic mass is 19.2. The van der Waals surface area contributed by atoms with Gasteiger partial charge in [0.15, 0.2) is 23.3 Å². The number of aryl methyl sites for hydroxylation is 1. The van der Waals surface area contributed by atoms with E-state index in [1.807, 2.05) is 0 Å². The molecule has 2 heterocycles. The van der Waals surface area contributed by atoms with E-state index >= 15 is 0 Å². The standard InChI is InChI=1S/C13H10F2N6O/c1-7-4-11(21-22-7)18-13-19-12(6-16-20-13)17-8-2-3-9(14)10(15)5-8/h2-6H,1H3,(H2,17,18,19,20,21). The lowest BCUT2D eigenvalue weighted by molar-refractivity contribution is 0.400. The molecule has 112 valence electrons. The van der Waals surface area contributed by atoms with Gasteiger partial charge in [0, 0.05) is 17.8 Å². The van der Waals surface area contributed by atoms with Crippen LogP contribution in [0.1, 0.15) is 5.76 Å². The van der Waals surface area contributed by atoms with E-state index in [4.69, 9.17) is 4.52 Å². The van der Waals surface area contributed by atoms with Crippen molar-refractivity contribution in [3.05, 3.63) is 47.9 Å². The van der Waals surface area contributed by atoms with Gasteiger partial charge in [-0.2, -0.15) is 10.1 Å². The Morgan fingerprint density at radius 1 is 1.05 bits per heavy atom. The van der Waals surface area contributed by atoms with Gasteiger partial charge in [0.2, 0.25) is 5.95 Å². The van der Waals surface area contributed by atoms with Crippen molar-refractivity contribution < 1.29 is 13.3 Å². The molecule has 2 aromatic heterocycles. The Kier molecular flexibility index (Phi) is 3.60. The summed E-state index contributed by atoms with van der Waals surface area (Å²) in [5, 5.41) is 16.9. The van der Waals surface area contributed by atoms with Crippen LogP contribution in [0.15, 0.2) is 35.0 Å². The zero-order valence-electron chi connectivity index (χ0n) is 11.3. The van der Waals surface area contributed by atoms with Crippen LogP contribution in [-0.4, -0.2) is 20.3 Å². The van der Waals surface area contributed by atoms with Gasteiger partial charge in [-0.05, 0) is 19.1 Å². The fourth-order valence-corrected chi connectivity index (χ4v) is 1.68. The van der Waals surface area contributed by atoms with Gasteiger partial charge in [-0.15, -0.1) is 5.10 Å². The molecule has 0 saturated heterocycles. The van der Waals surface area contributed by atoms with Crippen molar-refractivity contribution in [2.24, 2.45) is 0 Å². The van der Waals surface area contributed by atoms with Crippen LogP contribution in [0.4, 0.5) is 32.1 Å². The molecule has 0 fully saturated rings. The summed E-state index contributed by atoms with van der Waals surface area (Å²) in [5.74, 6) is -0.320. The Hall–Kier alpha value is -3.10. The van der Waals surface area contributed by atoms with Crippen molar-refractivity contribution in [1.29, 1.82) is 0 Å². The third-order valence-electron chi connectivity index (χ3n) is 2.62. The number of halogens is 2. The topological polar surface area (TPSA) is 88.8 Å². The Morgan fingerprint density at radius 2 is 1.91 bits per heavy atom. The second-order valence-electron chi connectivity index (χ2n) is 4.37. The van der Waals surface area contributed by atoms with Crippen LogP contribution in [0.5, 0.6) is 0 Å². The van der Waals surface area contributed by atoms with E-state index in [2.05, 4.69) is 31.0 Å². The summed E-state index contributed by atoms with van der Waals surface area (Å²) in [6.07, 6.45) is 1.35. The molecular formula is C13H10F2N6O. The molecule has 22 heavy (non-hydrogen) atoms. The van der Waals surface area contributed by atoms with Crippen molar-refractivity contribution in [3.63, 3.8) is 0 Å². The zero-order chi connectivity index (χ0) is 15.5. The minimum atomic E-state index is -0.955. The molecule has 0 radical (unpaired) electrons. The number of benzene rings is 1. The molecule has 0 atom stereocenters. The maximum atomic E-state index is 13.2. The van der Waals surface area contributed by atoms with Gasteiger partial charge in [0.25, 0.3) is 0 Å². The molecule has 2 N–H and O–H groups in total. The molecule has 0 aliphatic rings. The lowest BCUT2D eigenvalue weighted by Crippen LogP contribution is -2.02. The molecule has 1 aromatic carbocycles. The maximum Gasteiger partial charge on any atom is 0.250 e. The minimum absolute atomic E-state index is 0.181. The summed E-state index contributed by atoms with van der Waals surface area (Å²) >= 11 is 0. The van der Waals surface area contributed by atoms with Crippen LogP contribution in [0.25, 0.3) is 0 Å². The molecule has 3 aromatic rings. The predicted molar refractivity (Wildman–Crippen MR) is 74.0 cm³/mol. The molecule has 0 bridgehead atoms. The van der Waals surface area contributed by atoms with Gasteiger partial charge in [0.05, 0.1) is 6.20 Å². The number of nitrogens with zero attached hydrogens (tertiary/aromatic N) is 4. The molecular weight excluding hydrogens is 294 g/mol. The van der Waals surface area contributed by atoms with Gasteiger partial charge in [-0.1, -0.05) is 5.16 Å². The smallest absolute Gasteiger partial charge is 0.250 e. The number of rotatable bonds is 4. The van der Waals surface area contributed by atoms with Crippen LogP contribution in [0, 0.1) is 18.6 Å². The monoisotopic (exact) mass is 304 g/mol. The second-order valence-corrected chi connectivity index (χ2v) is 4.37. The highest BCUT2D eigenvalue weighted by Crippen LogP contribution is 2.18. The van der Waals surface area contributed by atoms with Crippen molar-refractivity contribution >= 4 is 23.3 Å². The van der Waals surface area contributed by atoms with Crippen molar-refractivity contribution in [2.75, 3.05) is 10.6 Å². The quantitative estimate of drug-likeness (QED) is 0.766. The Labute approximate surface area is 123 Å². The van der Waals surface area contributed by atoms with Crippen LogP contribution in [0.3, 0.4) is 0 Å². The van der Waals surface area contributed by atoms with Crippen molar-refractivity contribution in [1.82, 2.24) is 20.3 Å². The first-order chi connectivity index (χ1) is 10.6. The number of hydrogen-bond acceptors (Lipinski definition) is 7. The summed E-state index contributed by atoms with van der Waals surface area (Å²) in [6.45, 7) is 1.75. The number of aromatic nitrogens is 4. The van der Waals surface area contributed by atoms with E-state index in [1.54, 1.807) is 13.0 Å². The molecule has 0 saturated carbocycles. The summed E-state index contributed by atoms with van der Waals surface area (Å²) in [4.78, 5) is 4.13. The van der Waals surface area contributed by atoms with Gasteiger partial charge in [-0.25, -0.2) is 8.78 Å². The summed E-state index contributed by atoms with van der Waals surface area (Å²) in [5.41, 5.74) is 0.336. The molecule has 0 spiro atoms. The predicted octanol–water partition coefficient (Wildman–Crippen LogP) is 2.93. The molecule has 9 heteroatoms. The molecule has 7 nitrogen and oxygen atoms in total. The molecule has 0 unspecified atom stereocenters. The second kappa shape index (κ2) is 5.72. The number of nitrogens with one attached hydrogen (secondary N) is 2. The van der Waals surface area contributed by atoms with E-state index in [0.29, 0.717) is 23.1 Å². The Bertz CT molecular complexity index is 807.